The topological polar surface area (TPSA) is 76.1 Å². The quantitative estimate of drug-likeness (QED) is 0.274. The molecular weight excluding hydrogens is 406 g/mol. The number of likely N-dealkylation sites (tertiary alicyclic amines) is 1. The molecule has 0 aliphatic carbocycles. The minimum absolute atomic E-state index is 0.104. The summed E-state index contributed by atoms with van der Waals surface area (Å²) in [5.41, 5.74) is 2.93. The predicted molar refractivity (Wildman–Crippen MR) is 124 cm³/mol. The van der Waals surface area contributed by atoms with E-state index in [1.807, 2.05) is 44.2 Å². The standard InChI is InChI=1S/C26H31NO5/c1-6-7-8-12-27-23(18-10-9-11-19(15-18)31-4)22(25(29)26(27)30)24(28)20-13-17(3)21(32-5)14-16(20)2/h9-11,13-15,23,28H,6-8,12H2,1-5H3/b24-22+. The van der Waals surface area contributed by atoms with Gasteiger partial charge in [-0.3, -0.25) is 9.59 Å². The molecule has 1 saturated heterocycles. The number of ketones is 1. The van der Waals surface area contributed by atoms with E-state index in [2.05, 4.69) is 6.92 Å². The van der Waals surface area contributed by atoms with Crippen LogP contribution in [-0.4, -0.2) is 42.5 Å². The number of ether oxygens (including phenoxy) is 2. The highest BCUT2D eigenvalue weighted by Crippen LogP contribution is 2.41. The predicted octanol–water partition coefficient (Wildman–Crippen LogP) is 4.93. The van der Waals surface area contributed by atoms with Gasteiger partial charge in [0.2, 0.25) is 0 Å². The number of unbranched alkanes of at least 4 members (excludes halogenated alkanes) is 2. The summed E-state index contributed by atoms with van der Waals surface area (Å²) in [6, 6.07) is 10.2. The van der Waals surface area contributed by atoms with Crippen molar-refractivity contribution in [3.63, 3.8) is 0 Å². The average molecular weight is 438 g/mol. The molecule has 2 aromatic rings. The van der Waals surface area contributed by atoms with Crippen LogP contribution in [0.4, 0.5) is 0 Å². The Morgan fingerprint density at radius 2 is 1.78 bits per heavy atom. The van der Waals surface area contributed by atoms with Crippen molar-refractivity contribution in [2.75, 3.05) is 20.8 Å². The first kappa shape index (κ1) is 23.4. The van der Waals surface area contributed by atoms with Crippen molar-refractivity contribution < 1.29 is 24.2 Å². The van der Waals surface area contributed by atoms with Crippen molar-refractivity contribution in [2.24, 2.45) is 0 Å². The van der Waals surface area contributed by atoms with Crippen molar-refractivity contribution in [2.45, 2.75) is 46.1 Å². The lowest BCUT2D eigenvalue weighted by Crippen LogP contribution is -2.30. The van der Waals surface area contributed by atoms with Crippen LogP contribution in [0, 0.1) is 13.8 Å². The van der Waals surface area contributed by atoms with E-state index in [-0.39, 0.29) is 11.3 Å². The molecule has 0 aromatic heterocycles. The Balaban J connectivity index is 2.19. The van der Waals surface area contributed by atoms with Gasteiger partial charge in [-0.15, -0.1) is 0 Å². The summed E-state index contributed by atoms with van der Waals surface area (Å²) in [7, 11) is 3.16. The Morgan fingerprint density at radius 3 is 2.44 bits per heavy atom. The minimum Gasteiger partial charge on any atom is -0.507 e. The fourth-order valence-electron chi connectivity index (χ4n) is 4.21. The number of hydrogen-bond acceptors (Lipinski definition) is 5. The molecule has 0 spiro atoms. The molecule has 1 fully saturated rings. The molecule has 0 saturated carbocycles. The number of hydrogen-bond donors (Lipinski definition) is 1. The molecule has 1 N–H and O–H groups in total. The van der Waals surface area contributed by atoms with Gasteiger partial charge in [0.05, 0.1) is 25.8 Å². The molecular formula is C26H31NO5. The van der Waals surface area contributed by atoms with Crippen LogP contribution in [0.2, 0.25) is 0 Å². The number of carbonyl (C=O) groups is 2. The lowest BCUT2D eigenvalue weighted by Gasteiger charge is -2.26. The van der Waals surface area contributed by atoms with Crippen molar-refractivity contribution >= 4 is 17.4 Å². The van der Waals surface area contributed by atoms with Gasteiger partial charge >= 0.3 is 0 Å². The molecule has 1 heterocycles. The number of nitrogens with zero attached hydrogens (tertiary/aromatic N) is 1. The normalized spacial score (nSPS) is 17.7. The maximum absolute atomic E-state index is 13.2. The number of aryl methyl sites for hydroxylation is 2. The third-order valence-electron chi connectivity index (χ3n) is 5.95. The first-order chi connectivity index (χ1) is 15.3. The molecule has 1 aliphatic heterocycles. The van der Waals surface area contributed by atoms with Crippen LogP contribution in [0.1, 0.15) is 54.5 Å². The van der Waals surface area contributed by atoms with Crippen LogP contribution in [-0.2, 0) is 9.59 Å². The van der Waals surface area contributed by atoms with E-state index >= 15 is 0 Å². The molecule has 1 atom stereocenters. The number of rotatable bonds is 8. The molecule has 1 aliphatic rings. The van der Waals surface area contributed by atoms with Crippen LogP contribution < -0.4 is 9.47 Å². The number of benzene rings is 2. The third-order valence-corrected chi connectivity index (χ3v) is 5.95. The lowest BCUT2D eigenvalue weighted by atomic mass is 9.93. The molecule has 3 rings (SSSR count). The van der Waals surface area contributed by atoms with Gasteiger partial charge in [0, 0.05) is 12.1 Å². The second-order valence-corrected chi connectivity index (χ2v) is 8.11. The summed E-state index contributed by atoms with van der Waals surface area (Å²) in [6.45, 7) is 6.24. The van der Waals surface area contributed by atoms with Gasteiger partial charge in [-0.05, 0) is 61.2 Å². The minimum atomic E-state index is -0.677. The van der Waals surface area contributed by atoms with E-state index in [9.17, 15) is 14.7 Å². The van der Waals surface area contributed by atoms with Crippen LogP contribution >= 0.6 is 0 Å². The summed E-state index contributed by atoms with van der Waals surface area (Å²) < 4.78 is 10.7. The van der Waals surface area contributed by atoms with Crippen molar-refractivity contribution in [1.82, 2.24) is 4.90 Å². The number of Topliss-reactive ketones (excluding diaryl/α,β-unsaturated/α-hetero) is 1. The number of amides is 1. The first-order valence-electron chi connectivity index (χ1n) is 10.9. The Morgan fingerprint density at radius 1 is 1.03 bits per heavy atom. The van der Waals surface area contributed by atoms with Gasteiger partial charge in [-0.25, -0.2) is 0 Å². The highest BCUT2D eigenvalue weighted by molar-refractivity contribution is 6.46. The molecule has 0 bridgehead atoms. The van der Waals surface area contributed by atoms with Gasteiger partial charge < -0.3 is 19.5 Å². The van der Waals surface area contributed by atoms with Crippen molar-refractivity contribution in [3.8, 4) is 11.5 Å². The summed E-state index contributed by atoms with van der Waals surface area (Å²) in [5.74, 6) is -0.100. The molecule has 1 amide bonds. The van der Waals surface area contributed by atoms with E-state index in [0.29, 0.717) is 23.6 Å². The molecule has 32 heavy (non-hydrogen) atoms. The Bertz CT molecular complexity index is 1060. The maximum atomic E-state index is 13.2. The number of methoxy groups -OCH3 is 2. The zero-order valence-electron chi connectivity index (χ0n) is 19.4. The fraction of sp³-hybridized carbons (Fsp3) is 0.385. The second-order valence-electron chi connectivity index (χ2n) is 8.11. The smallest absolute Gasteiger partial charge is 0.295 e. The molecule has 6 nitrogen and oxygen atoms in total. The summed E-state index contributed by atoms with van der Waals surface area (Å²) in [4.78, 5) is 27.7. The zero-order chi connectivity index (χ0) is 23.4. The van der Waals surface area contributed by atoms with E-state index in [1.165, 1.54) is 0 Å². The Labute approximate surface area is 189 Å². The Hall–Kier alpha value is -3.28. The highest BCUT2D eigenvalue weighted by Gasteiger charge is 2.46. The second kappa shape index (κ2) is 9.90. The maximum Gasteiger partial charge on any atom is 0.295 e. The SMILES string of the molecule is CCCCCN1C(=O)C(=O)/C(=C(/O)c2cc(C)c(OC)cc2C)C1c1cccc(OC)c1. The van der Waals surface area contributed by atoms with E-state index in [0.717, 1.165) is 36.0 Å². The van der Waals surface area contributed by atoms with Crippen LogP contribution in [0.15, 0.2) is 42.0 Å². The molecule has 2 aromatic carbocycles. The number of aliphatic hydroxyl groups is 1. The zero-order valence-corrected chi connectivity index (χ0v) is 19.4. The van der Waals surface area contributed by atoms with Crippen LogP contribution in [0.25, 0.3) is 5.76 Å². The summed E-state index contributed by atoms with van der Waals surface area (Å²) in [5, 5.41) is 11.3. The third kappa shape index (κ3) is 4.35. The van der Waals surface area contributed by atoms with Gasteiger partial charge in [0.15, 0.2) is 0 Å². The van der Waals surface area contributed by atoms with Crippen LogP contribution in [0.3, 0.4) is 0 Å². The first-order valence-corrected chi connectivity index (χ1v) is 10.9. The van der Waals surface area contributed by atoms with Crippen molar-refractivity contribution in [1.29, 1.82) is 0 Å². The summed E-state index contributed by atoms with van der Waals surface area (Å²) >= 11 is 0. The molecule has 170 valence electrons. The Kier molecular flexibility index (Phi) is 7.23. The van der Waals surface area contributed by atoms with Gasteiger partial charge in [0.1, 0.15) is 17.3 Å². The van der Waals surface area contributed by atoms with E-state index in [4.69, 9.17) is 9.47 Å². The molecule has 1 unspecified atom stereocenters. The summed E-state index contributed by atoms with van der Waals surface area (Å²) in [6.07, 6.45) is 2.73. The molecule has 0 radical (unpaired) electrons. The van der Waals surface area contributed by atoms with E-state index < -0.39 is 17.7 Å². The average Bonchev–Trinajstić information content (AvgIpc) is 3.05. The monoisotopic (exact) mass is 437 g/mol. The molecule has 6 heteroatoms. The highest BCUT2D eigenvalue weighted by atomic mass is 16.5. The largest absolute Gasteiger partial charge is 0.507 e. The number of carbonyl (C=O) groups excluding carboxylic acids is 2. The number of aliphatic hydroxyl groups excluding tert-OH is 1. The van der Waals surface area contributed by atoms with Gasteiger partial charge in [0.25, 0.3) is 11.7 Å². The lowest BCUT2D eigenvalue weighted by molar-refractivity contribution is -0.139. The fourth-order valence-corrected chi connectivity index (χ4v) is 4.21. The van der Waals surface area contributed by atoms with Gasteiger partial charge in [-0.2, -0.15) is 0 Å². The van der Waals surface area contributed by atoms with Crippen molar-refractivity contribution in [3.05, 3.63) is 64.2 Å². The van der Waals surface area contributed by atoms with Gasteiger partial charge in [-0.1, -0.05) is 31.9 Å². The van der Waals surface area contributed by atoms with Crippen LogP contribution in [0.5, 0.6) is 11.5 Å². The van der Waals surface area contributed by atoms with E-state index in [1.54, 1.807) is 25.2 Å².